The summed E-state index contributed by atoms with van der Waals surface area (Å²) in [5, 5.41) is 11.0. The normalized spacial score (nSPS) is 22.5. The van der Waals surface area contributed by atoms with E-state index in [1.54, 1.807) is 6.07 Å². The number of piperazine rings is 1. The van der Waals surface area contributed by atoms with E-state index in [4.69, 9.17) is 23.2 Å². The first-order valence-corrected chi connectivity index (χ1v) is 9.91. The molecule has 0 aliphatic carbocycles. The van der Waals surface area contributed by atoms with Gasteiger partial charge in [0.15, 0.2) is 5.54 Å². The average Bonchev–Trinajstić information content (AvgIpc) is 2.95. The monoisotopic (exact) mass is 404 g/mol. The van der Waals surface area contributed by atoms with Crippen LogP contribution < -0.4 is 16.0 Å². The second-order valence-corrected chi connectivity index (χ2v) is 7.74. The zero-order valence-corrected chi connectivity index (χ0v) is 16.4. The summed E-state index contributed by atoms with van der Waals surface area (Å²) in [5.41, 5.74) is 1.27. The Hall–Kier alpha value is -1.63. The third kappa shape index (κ3) is 3.46. The lowest BCUT2D eigenvalue weighted by Gasteiger charge is -2.33. The standard InChI is InChI=1S/C20H22Cl2N4O/c21-14-5-6-18-16(13-14)20(19(27)25-18,15-3-1-2-4-17(15)22)24-9-12-26-10-7-23-8-11-26/h1-6,13,23-24H,7-12H2,(H,25,27). The topological polar surface area (TPSA) is 56.4 Å². The largest absolute Gasteiger partial charge is 0.324 e. The van der Waals surface area contributed by atoms with Crippen LogP contribution in [0.15, 0.2) is 42.5 Å². The van der Waals surface area contributed by atoms with Gasteiger partial charge >= 0.3 is 0 Å². The number of anilines is 1. The van der Waals surface area contributed by atoms with Crippen molar-refractivity contribution in [2.24, 2.45) is 0 Å². The molecular weight excluding hydrogens is 383 g/mol. The number of hydrogen-bond acceptors (Lipinski definition) is 4. The van der Waals surface area contributed by atoms with Gasteiger partial charge in [-0.1, -0.05) is 41.4 Å². The van der Waals surface area contributed by atoms with Crippen LogP contribution in [0.4, 0.5) is 5.69 Å². The van der Waals surface area contributed by atoms with Crippen molar-refractivity contribution in [1.82, 2.24) is 15.5 Å². The van der Waals surface area contributed by atoms with Crippen molar-refractivity contribution in [2.45, 2.75) is 5.54 Å². The molecule has 1 fully saturated rings. The van der Waals surface area contributed by atoms with Gasteiger partial charge in [0.05, 0.1) is 0 Å². The minimum Gasteiger partial charge on any atom is -0.324 e. The Labute approximate surface area is 169 Å². The maximum Gasteiger partial charge on any atom is 0.254 e. The third-order valence-corrected chi connectivity index (χ3v) is 5.84. The Morgan fingerprint density at radius 2 is 1.85 bits per heavy atom. The van der Waals surface area contributed by atoms with E-state index in [0.717, 1.165) is 49.5 Å². The molecule has 1 amide bonds. The Balaban J connectivity index is 1.70. The van der Waals surface area contributed by atoms with E-state index in [1.165, 1.54) is 0 Å². The molecule has 27 heavy (non-hydrogen) atoms. The van der Waals surface area contributed by atoms with Crippen LogP contribution in [-0.2, 0) is 10.3 Å². The summed E-state index contributed by atoms with van der Waals surface area (Å²) < 4.78 is 0. The first-order chi connectivity index (χ1) is 13.1. The molecule has 2 heterocycles. The second-order valence-electron chi connectivity index (χ2n) is 6.89. The molecule has 1 unspecified atom stereocenters. The predicted molar refractivity (Wildman–Crippen MR) is 110 cm³/mol. The van der Waals surface area contributed by atoms with Gasteiger partial charge in [-0.15, -0.1) is 0 Å². The predicted octanol–water partition coefficient (Wildman–Crippen LogP) is 2.68. The average molecular weight is 405 g/mol. The lowest BCUT2D eigenvalue weighted by atomic mass is 9.83. The van der Waals surface area contributed by atoms with E-state index in [9.17, 15) is 4.79 Å². The summed E-state index contributed by atoms with van der Waals surface area (Å²) in [6.45, 7) is 5.52. The fourth-order valence-corrected chi connectivity index (χ4v) is 4.36. The van der Waals surface area contributed by atoms with Gasteiger partial charge in [0.1, 0.15) is 0 Å². The number of fused-ring (bicyclic) bond motifs is 1. The van der Waals surface area contributed by atoms with Crippen molar-refractivity contribution in [3.63, 3.8) is 0 Å². The Morgan fingerprint density at radius 3 is 2.63 bits per heavy atom. The van der Waals surface area contributed by atoms with Crippen LogP contribution in [0.2, 0.25) is 10.0 Å². The molecule has 0 saturated carbocycles. The van der Waals surface area contributed by atoms with Crippen molar-refractivity contribution in [1.29, 1.82) is 0 Å². The molecule has 2 aliphatic heterocycles. The maximum atomic E-state index is 13.2. The van der Waals surface area contributed by atoms with E-state index in [-0.39, 0.29) is 5.91 Å². The molecule has 0 bridgehead atoms. The second kappa shape index (κ2) is 7.78. The summed E-state index contributed by atoms with van der Waals surface area (Å²) in [5.74, 6) is -0.131. The summed E-state index contributed by atoms with van der Waals surface area (Å²) in [4.78, 5) is 15.6. The number of amides is 1. The minimum absolute atomic E-state index is 0.131. The highest BCUT2D eigenvalue weighted by Crippen LogP contribution is 2.44. The zero-order chi connectivity index (χ0) is 18.9. The number of carbonyl (C=O) groups excluding carboxylic acids is 1. The molecule has 0 radical (unpaired) electrons. The molecule has 142 valence electrons. The summed E-state index contributed by atoms with van der Waals surface area (Å²) in [6, 6.07) is 12.9. The number of nitrogens with zero attached hydrogens (tertiary/aromatic N) is 1. The Bertz CT molecular complexity index is 854. The molecule has 2 aromatic carbocycles. The quantitative estimate of drug-likeness (QED) is 0.716. The lowest BCUT2D eigenvalue weighted by Crippen LogP contribution is -2.52. The third-order valence-electron chi connectivity index (χ3n) is 5.28. The van der Waals surface area contributed by atoms with Crippen LogP contribution in [0.3, 0.4) is 0 Å². The maximum absolute atomic E-state index is 13.2. The highest BCUT2D eigenvalue weighted by molar-refractivity contribution is 6.32. The molecule has 0 aromatic heterocycles. The van der Waals surface area contributed by atoms with Crippen molar-refractivity contribution in [3.05, 3.63) is 63.6 Å². The number of benzene rings is 2. The molecule has 4 rings (SSSR count). The Kier molecular flexibility index (Phi) is 5.39. The number of rotatable bonds is 5. The van der Waals surface area contributed by atoms with Gasteiger partial charge in [0.2, 0.25) is 0 Å². The fourth-order valence-electron chi connectivity index (χ4n) is 3.91. The van der Waals surface area contributed by atoms with Gasteiger partial charge < -0.3 is 10.6 Å². The lowest BCUT2D eigenvalue weighted by molar-refractivity contribution is -0.120. The number of carbonyl (C=O) groups is 1. The van der Waals surface area contributed by atoms with Gasteiger partial charge in [-0.2, -0.15) is 0 Å². The number of halogens is 2. The summed E-state index contributed by atoms with van der Waals surface area (Å²) in [7, 11) is 0. The first kappa shape index (κ1) is 18.7. The summed E-state index contributed by atoms with van der Waals surface area (Å²) in [6.07, 6.45) is 0. The van der Waals surface area contributed by atoms with Crippen LogP contribution in [0.25, 0.3) is 0 Å². The molecule has 3 N–H and O–H groups in total. The van der Waals surface area contributed by atoms with E-state index in [1.807, 2.05) is 36.4 Å². The van der Waals surface area contributed by atoms with Crippen LogP contribution in [0.1, 0.15) is 11.1 Å². The van der Waals surface area contributed by atoms with Crippen molar-refractivity contribution in [2.75, 3.05) is 44.6 Å². The highest BCUT2D eigenvalue weighted by Gasteiger charge is 2.49. The number of hydrogen-bond donors (Lipinski definition) is 3. The molecule has 0 spiro atoms. The van der Waals surface area contributed by atoms with Crippen LogP contribution in [-0.4, -0.2) is 50.1 Å². The summed E-state index contributed by atoms with van der Waals surface area (Å²) >= 11 is 12.8. The molecular formula is C20H22Cl2N4O. The molecule has 1 atom stereocenters. The van der Waals surface area contributed by atoms with Gasteiger partial charge in [-0.05, 0) is 24.3 Å². The van der Waals surface area contributed by atoms with Gasteiger partial charge in [0, 0.05) is 66.1 Å². The molecule has 7 heteroatoms. The fraction of sp³-hybridized carbons (Fsp3) is 0.350. The smallest absolute Gasteiger partial charge is 0.254 e. The SMILES string of the molecule is O=C1Nc2ccc(Cl)cc2C1(NCCN1CCNCC1)c1ccccc1Cl. The Morgan fingerprint density at radius 1 is 1.07 bits per heavy atom. The van der Waals surface area contributed by atoms with Crippen molar-refractivity contribution in [3.8, 4) is 0 Å². The molecule has 2 aliphatic rings. The molecule has 2 aromatic rings. The van der Waals surface area contributed by atoms with Gasteiger partial charge in [-0.25, -0.2) is 0 Å². The molecule has 1 saturated heterocycles. The van der Waals surface area contributed by atoms with Gasteiger partial charge in [-0.3, -0.25) is 15.0 Å². The number of nitrogens with one attached hydrogen (secondary N) is 3. The van der Waals surface area contributed by atoms with E-state index < -0.39 is 5.54 Å². The van der Waals surface area contributed by atoms with E-state index >= 15 is 0 Å². The highest BCUT2D eigenvalue weighted by atomic mass is 35.5. The van der Waals surface area contributed by atoms with Crippen molar-refractivity contribution >= 4 is 34.8 Å². The van der Waals surface area contributed by atoms with Crippen LogP contribution in [0.5, 0.6) is 0 Å². The van der Waals surface area contributed by atoms with Crippen LogP contribution in [0, 0.1) is 0 Å². The molecule has 5 nitrogen and oxygen atoms in total. The van der Waals surface area contributed by atoms with E-state index in [2.05, 4.69) is 20.9 Å². The van der Waals surface area contributed by atoms with Gasteiger partial charge in [0.25, 0.3) is 5.91 Å². The van der Waals surface area contributed by atoms with Crippen molar-refractivity contribution < 1.29 is 4.79 Å². The first-order valence-electron chi connectivity index (χ1n) is 9.16. The minimum atomic E-state index is -1.05. The van der Waals surface area contributed by atoms with Crippen LogP contribution >= 0.6 is 23.2 Å². The van der Waals surface area contributed by atoms with E-state index in [0.29, 0.717) is 16.6 Å². The zero-order valence-electron chi connectivity index (χ0n) is 14.9.